The second-order valence-electron chi connectivity index (χ2n) is 4.18. The van der Waals surface area contributed by atoms with Crippen LogP contribution in [0.3, 0.4) is 0 Å². The summed E-state index contributed by atoms with van der Waals surface area (Å²) in [6, 6.07) is 14.7. The van der Waals surface area contributed by atoms with Gasteiger partial charge in [0.1, 0.15) is 0 Å². The first-order valence-electron chi connectivity index (χ1n) is 6.04. The Balaban J connectivity index is 1.84. The van der Waals surface area contributed by atoms with Crippen molar-refractivity contribution in [1.82, 2.24) is 5.48 Å². The summed E-state index contributed by atoms with van der Waals surface area (Å²) >= 11 is 12.0. The van der Waals surface area contributed by atoms with Crippen molar-refractivity contribution >= 4 is 29.1 Å². The highest BCUT2D eigenvalue weighted by Gasteiger charge is 2.10. The third-order valence-corrected chi connectivity index (χ3v) is 3.37. The average Bonchev–Trinajstić information content (AvgIpc) is 2.44. The monoisotopic (exact) mass is 309 g/mol. The highest BCUT2D eigenvalue weighted by Crippen LogP contribution is 2.24. The minimum atomic E-state index is -0.295. The first-order chi connectivity index (χ1) is 9.66. The van der Waals surface area contributed by atoms with E-state index in [4.69, 9.17) is 28.0 Å². The number of hydroxylamine groups is 1. The highest BCUT2D eigenvalue weighted by atomic mass is 35.5. The van der Waals surface area contributed by atoms with Gasteiger partial charge in [-0.2, -0.15) is 0 Å². The van der Waals surface area contributed by atoms with Crippen molar-refractivity contribution in [3.05, 3.63) is 69.7 Å². The molecule has 0 fully saturated rings. The minimum Gasteiger partial charge on any atom is -0.272 e. The molecule has 104 valence electrons. The maximum atomic E-state index is 11.8. The zero-order valence-corrected chi connectivity index (χ0v) is 12.1. The van der Waals surface area contributed by atoms with E-state index in [1.165, 1.54) is 0 Å². The Labute approximate surface area is 127 Å². The van der Waals surface area contributed by atoms with E-state index in [1.807, 2.05) is 30.3 Å². The number of halogens is 2. The molecule has 5 heteroatoms. The molecule has 0 aliphatic rings. The van der Waals surface area contributed by atoms with Crippen LogP contribution in [0.4, 0.5) is 0 Å². The summed E-state index contributed by atoms with van der Waals surface area (Å²) in [5, 5.41) is 0.936. The molecule has 0 aliphatic heterocycles. The van der Waals surface area contributed by atoms with Gasteiger partial charge in [0.25, 0.3) is 0 Å². The number of carbonyl (C=O) groups excluding carboxylic acids is 1. The van der Waals surface area contributed by atoms with Gasteiger partial charge in [0.05, 0.1) is 13.0 Å². The quantitative estimate of drug-likeness (QED) is 0.854. The molecule has 0 unspecified atom stereocenters. The topological polar surface area (TPSA) is 38.3 Å². The SMILES string of the molecule is O=C(Cc1c(Cl)cccc1Cl)NOCc1ccccc1. The summed E-state index contributed by atoms with van der Waals surface area (Å²) in [6.45, 7) is 0.308. The molecule has 1 amide bonds. The van der Waals surface area contributed by atoms with Crippen LogP contribution in [-0.4, -0.2) is 5.91 Å². The van der Waals surface area contributed by atoms with E-state index in [0.717, 1.165) is 5.56 Å². The zero-order chi connectivity index (χ0) is 14.4. The fourth-order valence-corrected chi connectivity index (χ4v) is 2.20. The van der Waals surface area contributed by atoms with Crippen LogP contribution >= 0.6 is 23.2 Å². The van der Waals surface area contributed by atoms with Crippen molar-refractivity contribution < 1.29 is 9.63 Å². The summed E-state index contributed by atoms with van der Waals surface area (Å²) in [7, 11) is 0. The van der Waals surface area contributed by atoms with Crippen LogP contribution < -0.4 is 5.48 Å². The molecule has 0 heterocycles. The summed E-state index contributed by atoms with van der Waals surface area (Å²) in [4.78, 5) is 16.9. The molecule has 0 radical (unpaired) electrons. The van der Waals surface area contributed by atoms with Crippen LogP contribution in [0.2, 0.25) is 10.0 Å². The number of carbonyl (C=O) groups is 1. The van der Waals surface area contributed by atoms with Crippen molar-refractivity contribution in [2.24, 2.45) is 0 Å². The Morgan fingerprint density at radius 2 is 1.65 bits per heavy atom. The van der Waals surface area contributed by atoms with Crippen molar-refractivity contribution in [2.75, 3.05) is 0 Å². The van der Waals surface area contributed by atoms with Gasteiger partial charge in [0, 0.05) is 10.0 Å². The molecule has 2 aromatic rings. The van der Waals surface area contributed by atoms with Crippen molar-refractivity contribution in [3.8, 4) is 0 Å². The molecular formula is C15H13Cl2NO2. The minimum absolute atomic E-state index is 0.0767. The van der Waals surface area contributed by atoms with E-state index in [2.05, 4.69) is 5.48 Å². The number of benzene rings is 2. The Morgan fingerprint density at radius 3 is 2.30 bits per heavy atom. The van der Waals surface area contributed by atoms with Gasteiger partial charge in [0.2, 0.25) is 5.91 Å². The normalized spacial score (nSPS) is 10.3. The number of nitrogens with one attached hydrogen (secondary N) is 1. The number of amides is 1. The van der Waals surface area contributed by atoms with Crippen molar-refractivity contribution in [1.29, 1.82) is 0 Å². The molecule has 0 aliphatic carbocycles. The van der Waals surface area contributed by atoms with Gasteiger partial charge in [-0.15, -0.1) is 0 Å². The first kappa shape index (κ1) is 14.9. The lowest BCUT2D eigenvalue weighted by atomic mass is 10.1. The predicted octanol–water partition coefficient (Wildman–Crippen LogP) is 3.78. The van der Waals surface area contributed by atoms with Crippen molar-refractivity contribution in [2.45, 2.75) is 13.0 Å². The van der Waals surface area contributed by atoms with Gasteiger partial charge in [-0.1, -0.05) is 59.6 Å². The zero-order valence-electron chi connectivity index (χ0n) is 10.6. The lowest BCUT2D eigenvalue weighted by molar-refractivity contribution is -0.133. The number of hydrogen-bond donors (Lipinski definition) is 1. The number of hydrogen-bond acceptors (Lipinski definition) is 2. The van der Waals surface area contributed by atoms with Crippen LogP contribution in [0.25, 0.3) is 0 Å². The molecule has 0 bridgehead atoms. The third-order valence-electron chi connectivity index (χ3n) is 2.67. The van der Waals surface area contributed by atoms with Crippen LogP contribution in [-0.2, 0) is 22.7 Å². The molecule has 0 spiro atoms. The fraction of sp³-hybridized carbons (Fsp3) is 0.133. The standard InChI is InChI=1S/C15H13Cl2NO2/c16-13-7-4-8-14(17)12(13)9-15(19)18-20-10-11-5-2-1-3-6-11/h1-8H,9-10H2,(H,18,19). The molecular weight excluding hydrogens is 297 g/mol. The van der Waals surface area contributed by atoms with Crippen LogP contribution in [0.15, 0.2) is 48.5 Å². The first-order valence-corrected chi connectivity index (χ1v) is 6.80. The largest absolute Gasteiger partial charge is 0.272 e. The molecule has 0 saturated heterocycles. The maximum absolute atomic E-state index is 11.8. The van der Waals surface area contributed by atoms with E-state index in [0.29, 0.717) is 22.2 Å². The Kier molecular flexibility index (Phi) is 5.41. The smallest absolute Gasteiger partial charge is 0.248 e. The van der Waals surface area contributed by atoms with E-state index >= 15 is 0 Å². The molecule has 2 aromatic carbocycles. The van der Waals surface area contributed by atoms with E-state index in [1.54, 1.807) is 18.2 Å². The third kappa shape index (κ3) is 4.23. The molecule has 0 atom stereocenters. The van der Waals surface area contributed by atoms with E-state index in [-0.39, 0.29) is 12.3 Å². The molecule has 0 saturated carbocycles. The summed E-state index contributed by atoms with van der Waals surface area (Å²) in [5.74, 6) is -0.295. The Hall–Kier alpha value is -1.55. The Morgan fingerprint density at radius 1 is 1.00 bits per heavy atom. The second kappa shape index (κ2) is 7.29. The van der Waals surface area contributed by atoms with Crippen molar-refractivity contribution in [3.63, 3.8) is 0 Å². The summed E-state index contributed by atoms with van der Waals surface area (Å²) in [6.07, 6.45) is 0.0767. The number of rotatable bonds is 5. The predicted molar refractivity (Wildman–Crippen MR) is 79.5 cm³/mol. The molecule has 3 nitrogen and oxygen atoms in total. The van der Waals surface area contributed by atoms with Crippen LogP contribution in [0.1, 0.15) is 11.1 Å². The summed E-state index contributed by atoms with van der Waals surface area (Å²) in [5.41, 5.74) is 3.95. The average molecular weight is 310 g/mol. The molecule has 1 N–H and O–H groups in total. The lowest BCUT2D eigenvalue weighted by Crippen LogP contribution is -2.25. The highest BCUT2D eigenvalue weighted by molar-refractivity contribution is 6.36. The second-order valence-corrected chi connectivity index (χ2v) is 4.99. The van der Waals surface area contributed by atoms with Crippen LogP contribution in [0, 0.1) is 0 Å². The van der Waals surface area contributed by atoms with Gasteiger partial charge in [-0.3, -0.25) is 9.63 Å². The Bertz CT molecular complexity index is 567. The summed E-state index contributed by atoms with van der Waals surface area (Å²) < 4.78 is 0. The molecule has 20 heavy (non-hydrogen) atoms. The van der Waals surface area contributed by atoms with E-state index < -0.39 is 0 Å². The molecule has 0 aromatic heterocycles. The van der Waals surface area contributed by atoms with Gasteiger partial charge in [0.15, 0.2) is 0 Å². The van der Waals surface area contributed by atoms with Gasteiger partial charge in [-0.05, 0) is 23.3 Å². The maximum Gasteiger partial charge on any atom is 0.248 e. The van der Waals surface area contributed by atoms with Gasteiger partial charge < -0.3 is 0 Å². The fourth-order valence-electron chi connectivity index (χ4n) is 1.67. The van der Waals surface area contributed by atoms with Gasteiger partial charge in [-0.25, -0.2) is 5.48 Å². The van der Waals surface area contributed by atoms with Gasteiger partial charge >= 0.3 is 0 Å². The van der Waals surface area contributed by atoms with E-state index in [9.17, 15) is 4.79 Å². The lowest BCUT2D eigenvalue weighted by Gasteiger charge is -2.08. The molecule has 2 rings (SSSR count). The van der Waals surface area contributed by atoms with Crippen LogP contribution in [0.5, 0.6) is 0 Å².